The molecule has 0 radical (unpaired) electrons. The zero-order chi connectivity index (χ0) is 19.3. The average Bonchev–Trinajstić information content (AvgIpc) is 2.67. The Hall–Kier alpha value is -2.43. The third-order valence-corrected chi connectivity index (χ3v) is 7.44. The molecule has 1 aromatic heterocycles. The molecule has 2 amide bonds. The second-order valence-corrected chi connectivity index (χ2v) is 9.31. The minimum absolute atomic E-state index is 0.0322. The monoisotopic (exact) mass is 377 g/mol. The van der Waals surface area contributed by atoms with Crippen LogP contribution in [0.15, 0.2) is 36.5 Å². The van der Waals surface area contributed by atoms with Crippen molar-refractivity contribution in [1.82, 2.24) is 10.3 Å². The molecule has 0 saturated heterocycles. The molecule has 2 N–H and O–H groups in total. The fourth-order valence-electron chi connectivity index (χ4n) is 6.51. The molecule has 4 aliphatic carbocycles. The first-order chi connectivity index (χ1) is 13.5. The molecule has 146 valence electrons. The summed E-state index contributed by atoms with van der Waals surface area (Å²) in [5.41, 5.74) is 1.45. The number of anilines is 1. The van der Waals surface area contributed by atoms with E-state index in [9.17, 15) is 9.59 Å². The van der Waals surface area contributed by atoms with Crippen molar-refractivity contribution < 1.29 is 9.59 Å². The summed E-state index contributed by atoms with van der Waals surface area (Å²) < 4.78 is 0. The van der Waals surface area contributed by atoms with Gasteiger partial charge in [-0.3, -0.25) is 14.6 Å². The van der Waals surface area contributed by atoms with Gasteiger partial charge in [0.05, 0.1) is 11.2 Å². The van der Waals surface area contributed by atoms with Gasteiger partial charge in [-0.15, -0.1) is 0 Å². The number of fused-ring (bicyclic) bond motifs is 1. The maximum Gasteiger partial charge on any atom is 0.313 e. The van der Waals surface area contributed by atoms with Crippen LogP contribution < -0.4 is 10.6 Å². The minimum Gasteiger partial charge on any atom is -0.345 e. The lowest BCUT2D eigenvalue weighted by molar-refractivity contribution is -0.138. The number of amides is 2. The molecule has 1 heterocycles. The molecular weight excluding hydrogens is 350 g/mol. The number of hydrogen-bond acceptors (Lipinski definition) is 3. The molecule has 1 unspecified atom stereocenters. The molecule has 1 atom stereocenters. The molecule has 4 fully saturated rings. The second kappa shape index (κ2) is 6.57. The van der Waals surface area contributed by atoms with Crippen LogP contribution in [0.1, 0.15) is 45.4 Å². The van der Waals surface area contributed by atoms with Gasteiger partial charge < -0.3 is 10.6 Å². The highest BCUT2D eigenvalue weighted by Gasteiger charge is 2.53. The molecule has 0 aliphatic heterocycles. The van der Waals surface area contributed by atoms with Crippen LogP contribution in [0.4, 0.5) is 5.69 Å². The van der Waals surface area contributed by atoms with Crippen molar-refractivity contribution in [3.63, 3.8) is 0 Å². The molecule has 2 aromatic rings. The van der Waals surface area contributed by atoms with Crippen LogP contribution in [-0.2, 0) is 9.59 Å². The third kappa shape index (κ3) is 2.97. The van der Waals surface area contributed by atoms with E-state index in [0.29, 0.717) is 11.2 Å². The number of carbonyl (C=O) groups is 2. The minimum atomic E-state index is -0.616. The Morgan fingerprint density at radius 3 is 2.32 bits per heavy atom. The van der Waals surface area contributed by atoms with Gasteiger partial charge in [-0.05, 0) is 80.8 Å². The largest absolute Gasteiger partial charge is 0.345 e. The van der Waals surface area contributed by atoms with Gasteiger partial charge in [-0.1, -0.05) is 18.2 Å². The number of benzene rings is 1. The van der Waals surface area contributed by atoms with Gasteiger partial charge >= 0.3 is 11.8 Å². The van der Waals surface area contributed by atoms with E-state index in [2.05, 4.69) is 22.5 Å². The zero-order valence-electron chi connectivity index (χ0n) is 16.3. The molecule has 4 bridgehead atoms. The Morgan fingerprint density at radius 2 is 1.64 bits per heavy atom. The van der Waals surface area contributed by atoms with E-state index < -0.39 is 11.8 Å². The zero-order valence-corrected chi connectivity index (χ0v) is 16.3. The highest BCUT2D eigenvalue weighted by molar-refractivity contribution is 6.40. The fraction of sp³-hybridized carbons (Fsp3) is 0.522. The number of nitrogens with one attached hydrogen (secondary N) is 2. The number of rotatable bonds is 3. The number of aromatic nitrogens is 1. The Bertz CT molecular complexity index is 898. The Kier molecular flexibility index (Phi) is 4.14. The molecule has 5 nitrogen and oxygen atoms in total. The summed E-state index contributed by atoms with van der Waals surface area (Å²) in [6.07, 6.45) is 9.41. The number of hydrogen-bond donors (Lipinski definition) is 2. The standard InChI is InChI=1S/C23H27N3O2/c1-14(23-11-15-8-16(12-23)10-17(9-15)13-23)25-21(27)22(28)26-19-6-2-4-18-5-3-7-24-20(18)19/h2-7,14-17H,8-13H2,1H3,(H,25,27)(H,26,28). The number of nitrogens with zero attached hydrogens (tertiary/aromatic N) is 1. The van der Waals surface area contributed by atoms with Gasteiger partial charge in [0.2, 0.25) is 0 Å². The lowest BCUT2D eigenvalue weighted by atomic mass is 9.48. The van der Waals surface area contributed by atoms with Crippen molar-refractivity contribution in [2.45, 2.75) is 51.5 Å². The van der Waals surface area contributed by atoms with Crippen LogP contribution in [0.25, 0.3) is 10.9 Å². The third-order valence-electron chi connectivity index (χ3n) is 7.44. The van der Waals surface area contributed by atoms with Crippen molar-refractivity contribution in [3.8, 4) is 0 Å². The normalized spacial score (nSPS) is 31.5. The van der Waals surface area contributed by atoms with Gasteiger partial charge in [0, 0.05) is 17.6 Å². The van der Waals surface area contributed by atoms with Crippen LogP contribution in [0.5, 0.6) is 0 Å². The van der Waals surface area contributed by atoms with Crippen molar-refractivity contribution in [2.75, 3.05) is 5.32 Å². The highest BCUT2D eigenvalue weighted by Crippen LogP contribution is 2.61. The van der Waals surface area contributed by atoms with Crippen molar-refractivity contribution in [1.29, 1.82) is 0 Å². The quantitative estimate of drug-likeness (QED) is 0.797. The van der Waals surface area contributed by atoms with Crippen LogP contribution in [0.3, 0.4) is 0 Å². The number of pyridine rings is 1. The topological polar surface area (TPSA) is 71.1 Å². The van der Waals surface area contributed by atoms with Crippen molar-refractivity contribution >= 4 is 28.4 Å². The lowest BCUT2D eigenvalue weighted by Crippen LogP contribution is -2.57. The van der Waals surface area contributed by atoms with Crippen LogP contribution in [0.2, 0.25) is 0 Å². The van der Waals surface area contributed by atoms with E-state index >= 15 is 0 Å². The van der Waals surface area contributed by atoms with E-state index in [0.717, 1.165) is 23.1 Å². The summed E-state index contributed by atoms with van der Waals surface area (Å²) >= 11 is 0. The maximum atomic E-state index is 12.6. The predicted molar refractivity (Wildman–Crippen MR) is 109 cm³/mol. The predicted octanol–water partition coefficient (Wildman–Crippen LogP) is 3.89. The highest BCUT2D eigenvalue weighted by atomic mass is 16.2. The Labute approximate surface area is 165 Å². The summed E-state index contributed by atoms with van der Waals surface area (Å²) in [6.45, 7) is 2.10. The summed E-state index contributed by atoms with van der Waals surface area (Å²) in [5.74, 6) is 1.30. The number of carbonyl (C=O) groups excluding carboxylic acids is 2. The summed E-state index contributed by atoms with van der Waals surface area (Å²) in [6, 6.07) is 9.40. The van der Waals surface area contributed by atoms with E-state index in [-0.39, 0.29) is 11.5 Å². The van der Waals surface area contributed by atoms with Gasteiger partial charge in [0.15, 0.2) is 0 Å². The second-order valence-electron chi connectivity index (χ2n) is 9.31. The molecule has 6 rings (SSSR count). The fourth-order valence-corrected chi connectivity index (χ4v) is 6.51. The Balaban J connectivity index is 1.28. The first kappa shape index (κ1) is 17.7. The SMILES string of the molecule is CC(NC(=O)C(=O)Nc1cccc2cccnc12)C12CC3CC(CC(C3)C1)C2. The van der Waals surface area contributed by atoms with Gasteiger partial charge in [-0.2, -0.15) is 0 Å². The molecule has 4 saturated carbocycles. The molecule has 28 heavy (non-hydrogen) atoms. The maximum absolute atomic E-state index is 12.6. The summed E-state index contributed by atoms with van der Waals surface area (Å²) in [7, 11) is 0. The van der Waals surface area contributed by atoms with Crippen molar-refractivity contribution in [2.24, 2.45) is 23.2 Å². The van der Waals surface area contributed by atoms with Crippen molar-refractivity contribution in [3.05, 3.63) is 36.5 Å². The van der Waals surface area contributed by atoms with E-state index in [1.807, 2.05) is 24.3 Å². The molecule has 0 spiro atoms. The first-order valence-corrected chi connectivity index (χ1v) is 10.5. The van der Waals surface area contributed by atoms with E-state index in [4.69, 9.17) is 0 Å². The summed E-state index contributed by atoms with van der Waals surface area (Å²) in [4.78, 5) is 29.5. The lowest BCUT2D eigenvalue weighted by Gasteiger charge is -2.59. The smallest absolute Gasteiger partial charge is 0.313 e. The Morgan fingerprint density at radius 1 is 1.00 bits per heavy atom. The van der Waals surface area contributed by atoms with E-state index in [1.165, 1.54) is 38.5 Å². The summed E-state index contributed by atoms with van der Waals surface area (Å²) in [5, 5.41) is 6.72. The van der Waals surface area contributed by atoms with Gasteiger partial charge in [0.25, 0.3) is 0 Å². The molecule has 4 aliphatic rings. The molecule has 1 aromatic carbocycles. The van der Waals surface area contributed by atoms with Crippen LogP contribution in [0, 0.1) is 23.2 Å². The molecular formula is C23H27N3O2. The number of para-hydroxylation sites is 1. The first-order valence-electron chi connectivity index (χ1n) is 10.5. The van der Waals surface area contributed by atoms with Gasteiger partial charge in [0.1, 0.15) is 0 Å². The average molecular weight is 377 g/mol. The molecule has 5 heteroatoms. The van der Waals surface area contributed by atoms with Crippen LogP contribution >= 0.6 is 0 Å². The van der Waals surface area contributed by atoms with E-state index in [1.54, 1.807) is 12.3 Å². The van der Waals surface area contributed by atoms with Gasteiger partial charge in [-0.25, -0.2) is 0 Å². The van der Waals surface area contributed by atoms with Crippen LogP contribution in [-0.4, -0.2) is 22.8 Å².